The molecular weight excluding hydrogens is 332 g/mol. The highest BCUT2D eigenvalue weighted by Gasteiger charge is 2.66. The quantitative estimate of drug-likeness (QED) is 0.512. The first kappa shape index (κ1) is 17.1. The summed E-state index contributed by atoms with van der Waals surface area (Å²) in [5, 5.41) is 2.30. The lowest BCUT2D eigenvalue weighted by Crippen LogP contribution is -2.56. The molecule has 2 aliphatic rings. The summed E-state index contributed by atoms with van der Waals surface area (Å²) in [6.45, 7) is 16.5. The first-order chi connectivity index (χ1) is 12.7. The van der Waals surface area contributed by atoms with E-state index in [1.807, 2.05) is 6.92 Å². The van der Waals surface area contributed by atoms with Crippen LogP contribution in [-0.2, 0) is 0 Å². The molecule has 1 aliphatic heterocycles. The molecule has 1 aromatic carbocycles. The van der Waals surface area contributed by atoms with Crippen molar-refractivity contribution in [2.75, 3.05) is 4.90 Å². The minimum absolute atomic E-state index is 0.162. The molecule has 1 saturated heterocycles. The third-order valence-corrected chi connectivity index (χ3v) is 8.46. The van der Waals surface area contributed by atoms with E-state index in [2.05, 4.69) is 75.7 Å². The summed E-state index contributed by atoms with van der Waals surface area (Å²) in [4.78, 5) is 7.35. The van der Waals surface area contributed by atoms with Gasteiger partial charge in [0, 0.05) is 28.0 Å². The molecule has 27 heavy (non-hydrogen) atoms. The van der Waals surface area contributed by atoms with E-state index >= 15 is 0 Å². The summed E-state index contributed by atoms with van der Waals surface area (Å²) in [5.41, 5.74) is 5.83. The topological polar surface area (TPSA) is 29.3 Å². The van der Waals surface area contributed by atoms with E-state index < -0.39 is 0 Å². The number of pyridine rings is 1. The molecule has 3 aromatic rings. The number of benzene rings is 1. The van der Waals surface area contributed by atoms with Crippen LogP contribution in [0.15, 0.2) is 28.7 Å². The minimum Gasteiger partial charge on any atom is -0.436 e. The Morgan fingerprint density at radius 2 is 1.70 bits per heavy atom. The first-order valence-corrected chi connectivity index (χ1v) is 10.3. The Kier molecular flexibility index (Phi) is 3.21. The van der Waals surface area contributed by atoms with E-state index in [0.717, 1.165) is 28.3 Å². The number of nitrogens with zero attached hydrogens (tertiary/aromatic N) is 2. The Morgan fingerprint density at radius 3 is 2.41 bits per heavy atom. The normalized spacial score (nSPS) is 35.7. The number of hydrogen-bond acceptors (Lipinski definition) is 3. The van der Waals surface area contributed by atoms with Crippen molar-refractivity contribution in [1.82, 2.24) is 4.98 Å². The fourth-order valence-electron chi connectivity index (χ4n) is 6.42. The number of fused-ring (bicyclic) bond motifs is 5. The summed E-state index contributed by atoms with van der Waals surface area (Å²) < 4.78 is 6.40. The Bertz CT molecular complexity index is 1080. The van der Waals surface area contributed by atoms with Crippen LogP contribution in [0.25, 0.3) is 22.1 Å². The van der Waals surface area contributed by atoms with Gasteiger partial charge in [-0.3, -0.25) is 0 Å². The molecular formula is C24H30N2O. The third kappa shape index (κ3) is 1.90. The maximum atomic E-state index is 6.40. The largest absolute Gasteiger partial charge is 0.436 e. The molecule has 3 heteroatoms. The third-order valence-electron chi connectivity index (χ3n) is 8.46. The Morgan fingerprint density at radius 1 is 1.00 bits per heavy atom. The smallest absolute Gasteiger partial charge is 0.227 e. The highest BCUT2D eigenvalue weighted by Crippen LogP contribution is 2.65. The van der Waals surface area contributed by atoms with E-state index in [9.17, 15) is 0 Å². The number of aryl methyl sites for hydroxylation is 2. The fourth-order valence-corrected chi connectivity index (χ4v) is 6.42. The zero-order valence-electron chi connectivity index (χ0n) is 17.6. The molecule has 5 rings (SSSR count). The molecule has 0 amide bonds. The molecule has 3 nitrogen and oxygen atoms in total. The standard InChI is InChI=1S/C24H30N2O/c1-13-8-10-18-19-11-9-14(2)25-22(19)27-21(18)20(13)26-17(5)23(6)12-24(26,7)16(4)15(23)3/h8-11,15-17H,12H2,1-7H3. The molecule has 3 heterocycles. The molecule has 2 bridgehead atoms. The number of aromatic nitrogens is 1. The summed E-state index contributed by atoms with van der Waals surface area (Å²) in [6, 6.07) is 9.16. The van der Waals surface area contributed by atoms with Gasteiger partial charge < -0.3 is 9.32 Å². The highest BCUT2D eigenvalue weighted by atomic mass is 16.3. The summed E-state index contributed by atoms with van der Waals surface area (Å²) in [5.74, 6) is 1.38. The van der Waals surface area contributed by atoms with Gasteiger partial charge in [-0.1, -0.05) is 32.9 Å². The number of anilines is 1. The number of rotatable bonds is 1. The SMILES string of the molecule is Cc1ccc2c(n1)oc1c(N3C(C)C4(C)CC3(C)C(C)C4C)c(C)ccc12. The van der Waals surface area contributed by atoms with E-state index in [1.165, 1.54) is 23.1 Å². The van der Waals surface area contributed by atoms with Crippen molar-refractivity contribution in [1.29, 1.82) is 0 Å². The van der Waals surface area contributed by atoms with Gasteiger partial charge in [-0.25, -0.2) is 4.98 Å². The van der Waals surface area contributed by atoms with Crippen LogP contribution in [-0.4, -0.2) is 16.6 Å². The summed E-state index contributed by atoms with van der Waals surface area (Å²) in [6.07, 6.45) is 1.25. The van der Waals surface area contributed by atoms with Crippen LogP contribution in [0.3, 0.4) is 0 Å². The molecule has 0 radical (unpaired) electrons. The van der Waals surface area contributed by atoms with Gasteiger partial charge >= 0.3 is 0 Å². The van der Waals surface area contributed by atoms with Gasteiger partial charge in [-0.15, -0.1) is 0 Å². The Hall–Kier alpha value is -2.03. The van der Waals surface area contributed by atoms with Crippen molar-refractivity contribution >= 4 is 27.8 Å². The molecule has 0 spiro atoms. The second-order valence-electron chi connectivity index (χ2n) is 9.68. The van der Waals surface area contributed by atoms with Crippen LogP contribution >= 0.6 is 0 Å². The van der Waals surface area contributed by atoms with Crippen molar-refractivity contribution in [2.45, 2.75) is 66.5 Å². The highest BCUT2D eigenvalue weighted by molar-refractivity contribution is 6.08. The van der Waals surface area contributed by atoms with Gasteiger partial charge in [0.15, 0.2) is 5.58 Å². The second-order valence-corrected chi connectivity index (χ2v) is 9.68. The monoisotopic (exact) mass is 362 g/mol. The van der Waals surface area contributed by atoms with Gasteiger partial charge in [-0.2, -0.15) is 0 Å². The van der Waals surface area contributed by atoms with Gasteiger partial charge in [0.25, 0.3) is 0 Å². The van der Waals surface area contributed by atoms with Crippen molar-refractivity contribution < 1.29 is 4.42 Å². The van der Waals surface area contributed by atoms with E-state index in [1.54, 1.807) is 0 Å². The number of piperidine rings is 1. The zero-order valence-corrected chi connectivity index (χ0v) is 17.6. The summed E-state index contributed by atoms with van der Waals surface area (Å²) in [7, 11) is 0. The predicted molar refractivity (Wildman–Crippen MR) is 112 cm³/mol. The molecule has 0 N–H and O–H groups in total. The molecule has 5 atom stereocenters. The Balaban J connectivity index is 1.81. The van der Waals surface area contributed by atoms with Crippen molar-refractivity contribution in [3.05, 3.63) is 35.5 Å². The van der Waals surface area contributed by atoms with Crippen LogP contribution in [0, 0.1) is 31.1 Å². The lowest BCUT2D eigenvalue weighted by molar-refractivity contribution is 0.148. The van der Waals surface area contributed by atoms with Crippen LogP contribution in [0.1, 0.15) is 52.3 Å². The fraction of sp³-hybridized carbons (Fsp3) is 0.542. The molecule has 142 valence electrons. The minimum atomic E-state index is 0.162. The molecule has 5 unspecified atom stereocenters. The van der Waals surface area contributed by atoms with Crippen molar-refractivity contribution in [3.63, 3.8) is 0 Å². The predicted octanol–water partition coefficient (Wildman–Crippen LogP) is 6.25. The molecule has 2 aromatic heterocycles. The van der Waals surface area contributed by atoms with E-state index in [4.69, 9.17) is 4.42 Å². The number of hydrogen-bond donors (Lipinski definition) is 0. The van der Waals surface area contributed by atoms with Gasteiger partial charge in [-0.05, 0) is 69.1 Å². The van der Waals surface area contributed by atoms with E-state index in [-0.39, 0.29) is 5.54 Å². The van der Waals surface area contributed by atoms with Crippen LogP contribution in [0.5, 0.6) is 0 Å². The second kappa shape index (κ2) is 5.06. The van der Waals surface area contributed by atoms with Gasteiger partial charge in [0.1, 0.15) is 0 Å². The van der Waals surface area contributed by atoms with Crippen LogP contribution in [0.2, 0.25) is 0 Å². The maximum Gasteiger partial charge on any atom is 0.227 e. The number of furan rings is 1. The first-order valence-electron chi connectivity index (χ1n) is 10.3. The maximum absolute atomic E-state index is 6.40. The lowest BCUT2D eigenvalue weighted by Gasteiger charge is -2.51. The van der Waals surface area contributed by atoms with Crippen LogP contribution < -0.4 is 4.90 Å². The Labute approximate surface area is 161 Å². The molecule has 1 aliphatic carbocycles. The van der Waals surface area contributed by atoms with Crippen molar-refractivity contribution in [2.24, 2.45) is 17.3 Å². The summed E-state index contributed by atoms with van der Waals surface area (Å²) >= 11 is 0. The average molecular weight is 363 g/mol. The van der Waals surface area contributed by atoms with Gasteiger partial charge in [0.05, 0.1) is 5.69 Å². The van der Waals surface area contributed by atoms with Crippen molar-refractivity contribution in [3.8, 4) is 0 Å². The van der Waals surface area contributed by atoms with Crippen LogP contribution in [0.4, 0.5) is 5.69 Å². The average Bonchev–Trinajstić information content (AvgIpc) is 3.13. The molecule has 1 saturated carbocycles. The van der Waals surface area contributed by atoms with Gasteiger partial charge in [0.2, 0.25) is 5.71 Å². The zero-order chi connectivity index (χ0) is 19.3. The molecule has 2 fully saturated rings. The lowest BCUT2D eigenvalue weighted by atomic mass is 9.71. The van der Waals surface area contributed by atoms with E-state index in [0.29, 0.717) is 17.4 Å².